The van der Waals surface area contributed by atoms with Crippen molar-refractivity contribution >= 4 is 31.6 Å². The maximum absolute atomic E-state index is 13.6. The summed E-state index contributed by atoms with van der Waals surface area (Å²) in [5.41, 5.74) is 2.05. The van der Waals surface area contributed by atoms with Crippen LogP contribution in [0.5, 0.6) is 11.5 Å². The number of anilines is 1. The summed E-state index contributed by atoms with van der Waals surface area (Å²) in [6.45, 7) is 1.95. The normalized spacial score (nSPS) is 11.2. The van der Waals surface area contributed by atoms with Gasteiger partial charge in [-0.1, -0.05) is 40.2 Å². The first-order valence-corrected chi connectivity index (χ1v) is 11.1. The van der Waals surface area contributed by atoms with Gasteiger partial charge in [0.25, 0.3) is 10.0 Å². The van der Waals surface area contributed by atoms with Crippen LogP contribution in [-0.4, -0.2) is 22.6 Å². The van der Waals surface area contributed by atoms with Crippen LogP contribution in [0, 0.1) is 6.92 Å². The Bertz CT molecular complexity index is 1100. The Morgan fingerprint density at radius 2 is 1.55 bits per heavy atom. The van der Waals surface area contributed by atoms with Crippen molar-refractivity contribution in [1.82, 2.24) is 0 Å². The van der Waals surface area contributed by atoms with Crippen molar-refractivity contribution in [3.05, 3.63) is 82.3 Å². The van der Waals surface area contributed by atoms with E-state index >= 15 is 0 Å². The minimum absolute atomic E-state index is 0.151. The smallest absolute Gasteiger partial charge is 0.264 e. The first-order chi connectivity index (χ1) is 13.9. The molecule has 0 atom stereocenters. The van der Waals surface area contributed by atoms with Gasteiger partial charge in [-0.3, -0.25) is 4.31 Å². The number of halogens is 1. The molecular formula is C22H22BrNO4S. The predicted molar refractivity (Wildman–Crippen MR) is 118 cm³/mol. The second kappa shape index (κ2) is 8.88. The Labute approximate surface area is 180 Å². The van der Waals surface area contributed by atoms with Crippen molar-refractivity contribution in [3.63, 3.8) is 0 Å². The molecule has 0 fully saturated rings. The Hall–Kier alpha value is -2.51. The Balaban J connectivity index is 2.09. The number of aryl methyl sites for hydroxylation is 1. The molecule has 0 saturated carbocycles. The molecule has 7 heteroatoms. The van der Waals surface area contributed by atoms with E-state index in [-0.39, 0.29) is 11.4 Å². The van der Waals surface area contributed by atoms with Gasteiger partial charge in [0.05, 0.1) is 31.3 Å². The molecule has 0 saturated heterocycles. The zero-order valence-corrected chi connectivity index (χ0v) is 18.8. The van der Waals surface area contributed by atoms with Crippen molar-refractivity contribution in [2.45, 2.75) is 18.4 Å². The van der Waals surface area contributed by atoms with E-state index in [1.807, 2.05) is 24.3 Å². The van der Waals surface area contributed by atoms with Crippen LogP contribution in [0.4, 0.5) is 5.69 Å². The van der Waals surface area contributed by atoms with Crippen molar-refractivity contribution in [1.29, 1.82) is 0 Å². The average molecular weight is 476 g/mol. The summed E-state index contributed by atoms with van der Waals surface area (Å²) in [7, 11) is -0.668. The number of ether oxygens (including phenoxy) is 2. The molecule has 0 heterocycles. The van der Waals surface area contributed by atoms with E-state index in [4.69, 9.17) is 9.47 Å². The van der Waals surface area contributed by atoms with E-state index in [0.717, 1.165) is 10.0 Å². The molecule has 0 amide bonds. The number of hydrogen-bond acceptors (Lipinski definition) is 4. The van der Waals surface area contributed by atoms with Gasteiger partial charge < -0.3 is 9.47 Å². The van der Waals surface area contributed by atoms with Crippen LogP contribution < -0.4 is 13.8 Å². The Morgan fingerprint density at radius 3 is 2.17 bits per heavy atom. The molecule has 29 heavy (non-hydrogen) atoms. The number of rotatable bonds is 7. The molecule has 0 aromatic heterocycles. The van der Waals surface area contributed by atoms with Crippen LogP contribution >= 0.6 is 15.9 Å². The first kappa shape index (κ1) is 21.2. The molecule has 0 bridgehead atoms. The van der Waals surface area contributed by atoms with Gasteiger partial charge in [0, 0.05) is 4.47 Å². The number of sulfonamides is 1. The van der Waals surface area contributed by atoms with Crippen molar-refractivity contribution in [2.24, 2.45) is 0 Å². The topological polar surface area (TPSA) is 55.8 Å². The fraction of sp³-hybridized carbons (Fsp3) is 0.182. The minimum atomic E-state index is -3.79. The van der Waals surface area contributed by atoms with E-state index < -0.39 is 10.0 Å². The highest BCUT2D eigenvalue weighted by atomic mass is 79.9. The highest BCUT2D eigenvalue weighted by Gasteiger charge is 2.27. The zero-order chi connectivity index (χ0) is 21.0. The first-order valence-electron chi connectivity index (χ1n) is 8.91. The SMILES string of the molecule is COc1ccc(CN(c2ccc(Br)cc2)S(=O)(=O)c2ccccc2C)cc1OC. The van der Waals surface area contributed by atoms with Gasteiger partial charge in [-0.05, 0) is 60.5 Å². The third-order valence-corrected chi connectivity index (χ3v) is 7.01. The number of methoxy groups -OCH3 is 2. The van der Waals surface area contributed by atoms with E-state index in [2.05, 4.69) is 15.9 Å². The molecule has 3 rings (SSSR count). The lowest BCUT2D eigenvalue weighted by molar-refractivity contribution is 0.354. The second-order valence-corrected chi connectivity index (χ2v) is 9.19. The monoisotopic (exact) mass is 475 g/mol. The summed E-state index contributed by atoms with van der Waals surface area (Å²) in [5, 5.41) is 0. The molecule has 0 aliphatic carbocycles. The molecule has 0 unspecified atom stereocenters. The van der Waals surface area contributed by atoms with Crippen LogP contribution in [0.1, 0.15) is 11.1 Å². The van der Waals surface area contributed by atoms with Crippen LogP contribution in [0.15, 0.2) is 76.1 Å². The fourth-order valence-corrected chi connectivity index (χ4v) is 4.98. The maximum atomic E-state index is 13.6. The van der Waals surface area contributed by atoms with Gasteiger partial charge in [-0.25, -0.2) is 8.42 Å². The largest absolute Gasteiger partial charge is 0.493 e. The highest BCUT2D eigenvalue weighted by molar-refractivity contribution is 9.10. The standard InChI is InChI=1S/C22H22BrNO4S/c1-16-6-4-5-7-22(16)29(25,26)24(19-11-9-18(23)10-12-19)15-17-8-13-20(27-2)21(14-17)28-3/h4-14H,15H2,1-3H3. The van der Waals surface area contributed by atoms with Gasteiger partial charge >= 0.3 is 0 Å². The molecule has 152 valence electrons. The predicted octanol–water partition coefficient (Wildman–Crippen LogP) is 5.17. The van der Waals surface area contributed by atoms with Gasteiger partial charge in [0.2, 0.25) is 0 Å². The molecular weight excluding hydrogens is 454 g/mol. The molecule has 0 aliphatic rings. The minimum Gasteiger partial charge on any atom is -0.493 e. The molecule has 0 N–H and O–H groups in total. The third kappa shape index (κ3) is 4.57. The number of nitrogens with zero attached hydrogens (tertiary/aromatic N) is 1. The van der Waals surface area contributed by atoms with Gasteiger partial charge in [-0.2, -0.15) is 0 Å². The summed E-state index contributed by atoms with van der Waals surface area (Å²) < 4.78 is 40.1. The highest BCUT2D eigenvalue weighted by Crippen LogP contribution is 2.32. The molecule has 0 spiro atoms. The third-order valence-electron chi connectivity index (χ3n) is 4.55. The lowest BCUT2D eigenvalue weighted by Crippen LogP contribution is -2.31. The lowest BCUT2D eigenvalue weighted by Gasteiger charge is -2.26. The van der Waals surface area contributed by atoms with E-state index in [1.54, 1.807) is 63.6 Å². The summed E-state index contributed by atoms with van der Waals surface area (Å²) in [6, 6.07) is 19.6. The number of hydrogen-bond donors (Lipinski definition) is 0. The van der Waals surface area contributed by atoms with Crippen molar-refractivity contribution < 1.29 is 17.9 Å². The lowest BCUT2D eigenvalue weighted by atomic mass is 10.2. The van der Waals surface area contributed by atoms with Crippen molar-refractivity contribution in [3.8, 4) is 11.5 Å². The molecule has 0 aliphatic heterocycles. The van der Waals surface area contributed by atoms with E-state index in [9.17, 15) is 8.42 Å². The summed E-state index contributed by atoms with van der Waals surface area (Å²) in [4.78, 5) is 0.281. The van der Waals surface area contributed by atoms with Gasteiger partial charge in [0.1, 0.15) is 0 Å². The molecule has 0 radical (unpaired) electrons. The van der Waals surface area contributed by atoms with E-state index in [1.165, 1.54) is 4.31 Å². The van der Waals surface area contributed by atoms with Crippen LogP contribution in [0.25, 0.3) is 0 Å². The molecule has 3 aromatic rings. The fourth-order valence-electron chi connectivity index (χ4n) is 3.03. The van der Waals surface area contributed by atoms with Crippen LogP contribution in [0.2, 0.25) is 0 Å². The Kier molecular flexibility index (Phi) is 6.49. The molecule has 5 nitrogen and oxygen atoms in total. The summed E-state index contributed by atoms with van der Waals surface area (Å²) in [6.07, 6.45) is 0. The summed E-state index contributed by atoms with van der Waals surface area (Å²) >= 11 is 3.40. The quantitative estimate of drug-likeness (QED) is 0.472. The second-order valence-electron chi connectivity index (χ2n) is 6.44. The van der Waals surface area contributed by atoms with Crippen LogP contribution in [0.3, 0.4) is 0 Å². The van der Waals surface area contributed by atoms with E-state index in [0.29, 0.717) is 22.7 Å². The van der Waals surface area contributed by atoms with Crippen molar-refractivity contribution in [2.75, 3.05) is 18.5 Å². The maximum Gasteiger partial charge on any atom is 0.264 e. The van der Waals surface area contributed by atoms with Gasteiger partial charge in [-0.15, -0.1) is 0 Å². The summed E-state index contributed by atoms with van der Waals surface area (Å²) in [5.74, 6) is 1.14. The molecule has 3 aromatic carbocycles. The number of benzene rings is 3. The Morgan fingerprint density at radius 1 is 0.897 bits per heavy atom. The van der Waals surface area contributed by atoms with Gasteiger partial charge in [0.15, 0.2) is 11.5 Å². The van der Waals surface area contributed by atoms with Crippen LogP contribution in [-0.2, 0) is 16.6 Å². The average Bonchev–Trinajstić information content (AvgIpc) is 2.72. The zero-order valence-electron chi connectivity index (χ0n) is 16.4.